The van der Waals surface area contributed by atoms with E-state index >= 15 is 0 Å². The fourth-order valence-corrected chi connectivity index (χ4v) is 4.11. The minimum atomic E-state index is -3.24. The summed E-state index contributed by atoms with van der Waals surface area (Å²) in [6.07, 6.45) is 7.34. The topological polar surface area (TPSA) is 82.6 Å². The Labute approximate surface area is 142 Å². The van der Waals surface area contributed by atoms with Crippen molar-refractivity contribution in [3.8, 4) is 0 Å². The van der Waals surface area contributed by atoms with Crippen molar-refractivity contribution in [3.05, 3.63) is 0 Å². The third-order valence-electron chi connectivity index (χ3n) is 4.20. The van der Waals surface area contributed by atoms with Gasteiger partial charge in [-0.2, -0.15) is 0 Å². The number of sulfonamides is 1. The summed E-state index contributed by atoms with van der Waals surface area (Å²) in [7, 11) is -3.24. The standard InChI is InChI=1S/C16H34N4O2S/c1-6-13-8-10-14(11-9-13)19-15(17-7-2)18-12-16(3,4)20-23(5,21)22/h13-14,20H,6-12H2,1-5H3,(H2,17,18,19). The van der Waals surface area contributed by atoms with E-state index in [9.17, 15) is 8.42 Å². The molecule has 0 heterocycles. The van der Waals surface area contributed by atoms with Gasteiger partial charge in [0, 0.05) is 18.1 Å². The average Bonchev–Trinajstić information content (AvgIpc) is 2.43. The SMILES string of the molecule is CCNC(=NCC(C)(C)NS(C)(=O)=O)NC1CCC(CC)CC1. The van der Waals surface area contributed by atoms with Crippen LogP contribution in [0.5, 0.6) is 0 Å². The highest BCUT2D eigenvalue weighted by molar-refractivity contribution is 7.88. The second kappa shape index (κ2) is 8.87. The predicted molar refractivity (Wildman–Crippen MR) is 97.2 cm³/mol. The maximum Gasteiger partial charge on any atom is 0.209 e. The van der Waals surface area contributed by atoms with Gasteiger partial charge < -0.3 is 10.6 Å². The minimum Gasteiger partial charge on any atom is -0.357 e. The Morgan fingerprint density at radius 3 is 2.26 bits per heavy atom. The maximum absolute atomic E-state index is 11.4. The molecule has 0 radical (unpaired) electrons. The molecule has 0 spiro atoms. The van der Waals surface area contributed by atoms with E-state index in [0.29, 0.717) is 12.6 Å². The Kier molecular flexibility index (Phi) is 7.80. The van der Waals surface area contributed by atoms with Gasteiger partial charge in [0.2, 0.25) is 10.0 Å². The van der Waals surface area contributed by atoms with E-state index in [-0.39, 0.29) is 0 Å². The summed E-state index contributed by atoms with van der Waals surface area (Å²) in [4.78, 5) is 4.57. The van der Waals surface area contributed by atoms with Crippen molar-refractivity contribution >= 4 is 16.0 Å². The summed E-state index contributed by atoms with van der Waals surface area (Å²) < 4.78 is 25.4. The molecule has 0 aromatic rings. The molecular weight excluding hydrogens is 312 g/mol. The third kappa shape index (κ3) is 8.55. The highest BCUT2D eigenvalue weighted by Crippen LogP contribution is 2.26. The number of guanidine groups is 1. The lowest BCUT2D eigenvalue weighted by Crippen LogP contribution is -2.48. The Hall–Kier alpha value is -0.820. The van der Waals surface area contributed by atoms with Crippen LogP contribution in [0.2, 0.25) is 0 Å². The lowest BCUT2D eigenvalue weighted by molar-refractivity contribution is 0.304. The molecule has 0 amide bonds. The Balaban J connectivity index is 2.60. The van der Waals surface area contributed by atoms with Gasteiger partial charge in [0.15, 0.2) is 5.96 Å². The molecule has 1 fully saturated rings. The smallest absolute Gasteiger partial charge is 0.209 e. The highest BCUT2D eigenvalue weighted by atomic mass is 32.2. The normalized spacial score (nSPS) is 23.6. The molecule has 136 valence electrons. The van der Waals surface area contributed by atoms with E-state index < -0.39 is 15.6 Å². The molecular formula is C16H34N4O2S. The molecule has 0 aliphatic heterocycles. The molecule has 0 bridgehead atoms. The molecule has 1 aliphatic carbocycles. The van der Waals surface area contributed by atoms with Gasteiger partial charge in [0.05, 0.1) is 12.8 Å². The molecule has 0 aromatic carbocycles. The average molecular weight is 347 g/mol. The number of hydrogen-bond acceptors (Lipinski definition) is 3. The van der Waals surface area contributed by atoms with Crippen molar-refractivity contribution in [1.82, 2.24) is 15.4 Å². The largest absolute Gasteiger partial charge is 0.357 e. The Morgan fingerprint density at radius 1 is 1.17 bits per heavy atom. The molecule has 0 aromatic heterocycles. The van der Waals surface area contributed by atoms with Crippen molar-refractivity contribution in [2.24, 2.45) is 10.9 Å². The molecule has 1 saturated carbocycles. The molecule has 0 unspecified atom stereocenters. The van der Waals surface area contributed by atoms with Crippen LogP contribution < -0.4 is 15.4 Å². The molecule has 6 nitrogen and oxygen atoms in total. The van der Waals surface area contributed by atoms with E-state index in [2.05, 4.69) is 27.3 Å². The monoisotopic (exact) mass is 346 g/mol. The van der Waals surface area contributed by atoms with Gasteiger partial charge in [-0.1, -0.05) is 13.3 Å². The first kappa shape index (κ1) is 20.2. The van der Waals surface area contributed by atoms with Gasteiger partial charge in [-0.25, -0.2) is 13.1 Å². The van der Waals surface area contributed by atoms with Gasteiger partial charge in [-0.15, -0.1) is 0 Å². The highest BCUT2D eigenvalue weighted by Gasteiger charge is 2.23. The molecule has 1 aliphatic rings. The Morgan fingerprint density at radius 2 is 1.78 bits per heavy atom. The summed E-state index contributed by atoms with van der Waals surface area (Å²) in [5.74, 6) is 1.64. The molecule has 7 heteroatoms. The van der Waals surface area contributed by atoms with E-state index in [0.717, 1.165) is 18.4 Å². The fourth-order valence-electron chi connectivity index (χ4n) is 3.04. The number of hydrogen-bond donors (Lipinski definition) is 3. The van der Waals surface area contributed by atoms with Gasteiger partial charge in [0.1, 0.15) is 0 Å². The number of aliphatic imine (C=N–C) groups is 1. The fraction of sp³-hybridized carbons (Fsp3) is 0.938. The van der Waals surface area contributed by atoms with Gasteiger partial charge in [-0.05, 0) is 52.4 Å². The number of rotatable bonds is 7. The summed E-state index contributed by atoms with van der Waals surface area (Å²) in [6.45, 7) is 9.16. The van der Waals surface area contributed by atoms with E-state index in [4.69, 9.17) is 0 Å². The van der Waals surface area contributed by atoms with E-state index in [1.54, 1.807) is 0 Å². The van der Waals surface area contributed by atoms with Crippen LogP contribution in [0.3, 0.4) is 0 Å². The zero-order chi connectivity index (χ0) is 17.5. The summed E-state index contributed by atoms with van der Waals surface area (Å²) in [5, 5.41) is 6.75. The minimum absolute atomic E-state index is 0.389. The van der Waals surface area contributed by atoms with Crippen molar-refractivity contribution in [2.75, 3.05) is 19.3 Å². The van der Waals surface area contributed by atoms with Crippen LogP contribution in [0.15, 0.2) is 4.99 Å². The summed E-state index contributed by atoms with van der Waals surface area (Å²) in [6, 6.07) is 0.460. The Bertz CT molecular complexity index is 480. The predicted octanol–water partition coefficient (Wildman–Crippen LogP) is 1.84. The van der Waals surface area contributed by atoms with Crippen LogP contribution in [0.1, 0.15) is 59.8 Å². The second-order valence-electron chi connectivity index (χ2n) is 7.22. The van der Waals surface area contributed by atoms with Crippen molar-refractivity contribution < 1.29 is 8.42 Å². The van der Waals surface area contributed by atoms with Gasteiger partial charge in [0.25, 0.3) is 0 Å². The second-order valence-corrected chi connectivity index (χ2v) is 8.97. The van der Waals surface area contributed by atoms with Crippen molar-refractivity contribution in [3.63, 3.8) is 0 Å². The van der Waals surface area contributed by atoms with Crippen molar-refractivity contribution in [1.29, 1.82) is 0 Å². The zero-order valence-electron chi connectivity index (χ0n) is 15.3. The van der Waals surface area contributed by atoms with Crippen LogP contribution in [0.25, 0.3) is 0 Å². The van der Waals surface area contributed by atoms with E-state index in [1.165, 1.54) is 38.4 Å². The third-order valence-corrected chi connectivity index (χ3v) is 5.13. The quantitative estimate of drug-likeness (QED) is 0.485. The molecule has 0 atom stereocenters. The lowest BCUT2D eigenvalue weighted by atomic mass is 9.84. The summed E-state index contributed by atoms with van der Waals surface area (Å²) in [5.41, 5.74) is -0.601. The van der Waals surface area contributed by atoms with Gasteiger partial charge in [-0.3, -0.25) is 4.99 Å². The van der Waals surface area contributed by atoms with Crippen LogP contribution in [-0.2, 0) is 10.0 Å². The zero-order valence-corrected chi connectivity index (χ0v) is 16.1. The molecule has 23 heavy (non-hydrogen) atoms. The molecule has 3 N–H and O–H groups in total. The number of nitrogens with one attached hydrogen (secondary N) is 3. The first-order valence-electron chi connectivity index (χ1n) is 8.69. The van der Waals surface area contributed by atoms with Crippen LogP contribution in [0, 0.1) is 5.92 Å². The number of nitrogens with zero attached hydrogens (tertiary/aromatic N) is 1. The van der Waals surface area contributed by atoms with Crippen LogP contribution >= 0.6 is 0 Å². The first-order chi connectivity index (χ1) is 10.6. The molecule has 0 saturated heterocycles. The molecule has 1 rings (SSSR count). The lowest BCUT2D eigenvalue weighted by Gasteiger charge is -2.30. The van der Waals surface area contributed by atoms with Gasteiger partial charge >= 0.3 is 0 Å². The maximum atomic E-state index is 11.4. The van der Waals surface area contributed by atoms with Crippen LogP contribution in [0.4, 0.5) is 0 Å². The van der Waals surface area contributed by atoms with E-state index in [1.807, 2.05) is 20.8 Å². The van der Waals surface area contributed by atoms with Crippen molar-refractivity contribution in [2.45, 2.75) is 71.4 Å². The first-order valence-corrected chi connectivity index (χ1v) is 10.6. The van der Waals surface area contributed by atoms with Crippen LogP contribution in [-0.4, -0.2) is 45.3 Å². The summed E-state index contributed by atoms with van der Waals surface area (Å²) >= 11 is 0.